The Bertz CT molecular complexity index is 495. The van der Waals surface area contributed by atoms with E-state index in [1.165, 1.54) is 0 Å². The van der Waals surface area contributed by atoms with Crippen molar-refractivity contribution in [3.05, 3.63) is 28.8 Å². The zero-order chi connectivity index (χ0) is 14.7. The molecule has 1 saturated heterocycles. The van der Waals surface area contributed by atoms with Gasteiger partial charge in [0.25, 0.3) is 5.91 Å². The summed E-state index contributed by atoms with van der Waals surface area (Å²) in [5.41, 5.74) is 1.53. The summed E-state index contributed by atoms with van der Waals surface area (Å²) < 4.78 is 0. The van der Waals surface area contributed by atoms with E-state index in [0.717, 1.165) is 24.5 Å². The molecular weight excluding hydrogens is 292 g/mol. The average Bonchev–Trinajstić information content (AvgIpc) is 2.43. The molecule has 2 unspecified atom stereocenters. The van der Waals surface area contributed by atoms with Gasteiger partial charge in [-0.1, -0.05) is 18.5 Å². The van der Waals surface area contributed by atoms with Gasteiger partial charge in [0, 0.05) is 40.8 Å². The molecule has 0 saturated carbocycles. The number of nitrogens with one attached hydrogen (secondary N) is 1. The van der Waals surface area contributed by atoms with Gasteiger partial charge in [0.15, 0.2) is 0 Å². The maximum absolute atomic E-state index is 12.8. The summed E-state index contributed by atoms with van der Waals surface area (Å²) in [4.78, 5) is 14.8. The van der Waals surface area contributed by atoms with Gasteiger partial charge < -0.3 is 10.2 Å². The Morgan fingerprint density at radius 1 is 1.50 bits per heavy atom. The first-order chi connectivity index (χ1) is 9.54. The summed E-state index contributed by atoms with van der Waals surface area (Å²) in [5.74, 6) is 1.07. The van der Waals surface area contributed by atoms with Crippen LogP contribution in [-0.2, 0) is 0 Å². The maximum Gasteiger partial charge on any atom is 0.256 e. The summed E-state index contributed by atoms with van der Waals surface area (Å²) in [6, 6.07) is 5.70. The lowest BCUT2D eigenvalue weighted by Crippen LogP contribution is -2.48. The van der Waals surface area contributed by atoms with Gasteiger partial charge >= 0.3 is 0 Å². The van der Waals surface area contributed by atoms with E-state index in [1.54, 1.807) is 6.07 Å². The fraction of sp³-hybridized carbons (Fsp3) is 0.533. The Hall–Kier alpha value is -0.870. The van der Waals surface area contributed by atoms with Crippen molar-refractivity contribution in [2.75, 3.05) is 24.2 Å². The number of benzene rings is 1. The van der Waals surface area contributed by atoms with Crippen molar-refractivity contribution in [3.63, 3.8) is 0 Å². The minimum atomic E-state index is 0.0723. The van der Waals surface area contributed by atoms with Crippen molar-refractivity contribution < 1.29 is 4.79 Å². The Balaban J connectivity index is 2.30. The minimum Gasteiger partial charge on any atom is -0.385 e. The lowest BCUT2D eigenvalue weighted by Gasteiger charge is -2.37. The first-order valence-electron chi connectivity index (χ1n) is 7.00. The van der Waals surface area contributed by atoms with E-state index >= 15 is 0 Å². The first-order valence-corrected chi connectivity index (χ1v) is 8.43. The summed E-state index contributed by atoms with van der Waals surface area (Å²) in [7, 11) is 0. The summed E-state index contributed by atoms with van der Waals surface area (Å²) in [5, 5.41) is 4.30. The highest BCUT2D eigenvalue weighted by molar-refractivity contribution is 8.00. The quantitative estimate of drug-likeness (QED) is 0.923. The Morgan fingerprint density at radius 3 is 2.95 bits per heavy atom. The second kappa shape index (κ2) is 6.72. The third-order valence-electron chi connectivity index (χ3n) is 3.72. The normalized spacial score (nSPS) is 22.7. The molecule has 1 aromatic rings. The Morgan fingerprint density at radius 2 is 2.25 bits per heavy atom. The number of anilines is 1. The highest BCUT2D eigenvalue weighted by Gasteiger charge is 2.30. The highest BCUT2D eigenvalue weighted by atomic mass is 35.5. The largest absolute Gasteiger partial charge is 0.385 e. The van der Waals surface area contributed by atoms with Crippen LogP contribution in [0.15, 0.2) is 18.2 Å². The molecule has 1 N–H and O–H groups in total. The number of halogens is 1. The van der Waals surface area contributed by atoms with Crippen LogP contribution in [0.5, 0.6) is 0 Å². The molecule has 0 spiro atoms. The number of rotatable bonds is 3. The molecule has 2 atom stereocenters. The van der Waals surface area contributed by atoms with Gasteiger partial charge in [-0.15, -0.1) is 0 Å². The van der Waals surface area contributed by atoms with Crippen LogP contribution in [0.4, 0.5) is 5.69 Å². The van der Waals surface area contributed by atoms with Crippen LogP contribution in [0.1, 0.15) is 31.1 Å². The van der Waals surface area contributed by atoms with Crippen LogP contribution in [-0.4, -0.2) is 40.9 Å². The van der Waals surface area contributed by atoms with Crippen molar-refractivity contribution in [2.24, 2.45) is 0 Å². The van der Waals surface area contributed by atoms with Crippen molar-refractivity contribution in [1.82, 2.24) is 4.90 Å². The van der Waals surface area contributed by atoms with Crippen molar-refractivity contribution in [2.45, 2.75) is 32.1 Å². The van der Waals surface area contributed by atoms with E-state index in [2.05, 4.69) is 19.2 Å². The smallest absolute Gasteiger partial charge is 0.256 e. The number of hydrogen-bond acceptors (Lipinski definition) is 3. The topological polar surface area (TPSA) is 32.3 Å². The molecule has 0 aromatic heterocycles. The van der Waals surface area contributed by atoms with Crippen LogP contribution < -0.4 is 5.32 Å². The molecule has 20 heavy (non-hydrogen) atoms. The van der Waals surface area contributed by atoms with Gasteiger partial charge in [0.05, 0.1) is 5.56 Å². The van der Waals surface area contributed by atoms with Gasteiger partial charge in [-0.25, -0.2) is 0 Å². The van der Waals surface area contributed by atoms with E-state index < -0.39 is 0 Å². The summed E-state index contributed by atoms with van der Waals surface area (Å²) >= 11 is 7.99. The monoisotopic (exact) mass is 312 g/mol. The Labute approximate surface area is 130 Å². The number of carbonyl (C=O) groups is 1. The van der Waals surface area contributed by atoms with Gasteiger partial charge in [-0.05, 0) is 32.0 Å². The van der Waals surface area contributed by atoms with Crippen LogP contribution >= 0.6 is 23.4 Å². The molecule has 2 rings (SSSR count). The van der Waals surface area contributed by atoms with E-state index in [-0.39, 0.29) is 11.9 Å². The maximum atomic E-state index is 12.8. The fourth-order valence-corrected chi connectivity index (χ4v) is 3.68. The molecule has 0 bridgehead atoms. The van der Waals surface area contributed by atoms with Gasteiger partial charge in [0.2, 0.25) is 0 Å². The first kappa shape index (κ1) is 15.5. The lowest BCUT2D eigenvalue weighted by atomic mass is 10.1. The molecule has 0 aliphatic carbocycles. The standard InChI is InChI=1S/C15H21ClN2OS/c1-4-17-14-6-5-12(16)9-13(14)15(19)18-7-8-20-11(3)10(18)2/h5-6,9-11,17H,4,7-8H2,1-3H3. The fourth-order valence-electron chi connectivity index (χ4n) is 2.41. The molecule has 3 nitrogen and oxygen atoms in total. The molecule has 1 heterocycles. The van der Waals surface area contributed by atoms with E-state index in [0.29, 0.717) is 15.8 Å². The highest BCUT2D eigenvalue weighted by Crippen LogP contribution is 2.28. The van der Waals surface area contributed by atoms with Crippen LogP contribution in [0.2, 0.25) is 5.02 Å². The lowest BCUT2D eigenvalue weighted by molar-refractivity contribution is 0.0699. The minimum absolute atomic E-state index is 0.0723. The molecule has 1 aromatic carbocycles. The number of amides is 1. The second-order valence-corrected chi connectivity index (χ2v) is 6.96. The van der Waals surface area contributed by atoms with Gasteiger partial charge in [-0.3, -0.25) is 4.79 Å². The predicted molar refractivity (Wildman–Crippen MR) is 88.0 cm³/mol. The Kier molecular flexibility index (Phi) is 5.22. The second-order valence-electron chi connectivity index (χ2n) is 5.04. The third kappa shape index (κ3) is 3.23. The van der Waals surface area contributed by atoms with Crippen molar-refractivity contribution >= 4 is 35.0 Å². The molecule has 110 valence electrons. The van der Waals surface area contributed by atoms with Crippen molar-refractivity contribution in [1.29, 1.82) is 0 Å². The van der Waals surface area contributed by atoms with E-state index in [1.807, 2.05) is 35.7 Å². The molecule has 1 aliphatic rings. The average molecular weight is 313 g/mol. The third-order valence-corrected chi connectivity index (χ3v) is 5.30. The zero-order valence-corrected chi connectivity index (χ0v) is 13.7. The molecular formula is C15H21ClN2OS. The van der Waals surface area contributed by atoms with Crippen LogP contribution in [0.25, 0.3) is 0 Å². The van der Waals surface area contributed by atoms with Crippen LogP contribution in [0.3, 0.4) is 0 Å². The van der Waals surface area contributed by atoms with E-state index in [4.69, 9.17) is 11.6 Å². The molecule has 5 heteroatoms. The van der Waals surface area contributed by atoms with Crippen LogP contribution in [0, 0.1) is 0 Å². The van der Waals surface area contributed by atoms with Gasteiger partial charge in [-0.2, -0.15) is 11.8 Å². The number of thioether (sulfide) groups is 1. The zero-order valence-electron chi connectivity index (χ0n) is 12.1. The molecule has 1 amide bonds. The number of hydrogen-bond donors (Lipinski definition) is 1. The van der Waals surface area contributed by atoms with Crippen molar-refractivity contribution in [3.8, 4) is 0 Å². The van der Waals surface area contributed by atoms with E-state index in [9.17, 15) is 4.79 Å². The van der Waals surface area contributed by atoms with Gasteiger partial charge in [0.1, 0.15) is 0 Å². The molecule has 1 fully saturated rings. The summed E-state index contributed by atoms with van der Waals surface area (Å²) in [6.07, 6.45) is 0. The number of nitrogens with zero attached hydrogens (tertiary/aromatic N) is 1. The summed E-state index contributed by atoms with van der Waals surface area (Å²) in [6.45, 7) is 7.89. The predicted octanol–water partition coefficient (Wildman–Crippen LogP) is 3.74. The molecule has 1 aliphatic heterocycles. The number of carbonyl (C=O) groups excluding carboxylic acids is 1. The SMILES string of the molecule is CCNc1ccc(Cl)cc1C(=O)N1CCSC(C)C1C. The molecule has 0 radical (unpaired) electrons.